The molecule has 0 radical (unpaired) electrons. The molecule has 2 aromatic carbocycles. The quantitative estimate of drug-likeness (QED) is 0.497. The summed E-state index contributed by atoms with van der Waals surface area (Å²) in [7, 11) is -3.73. The van der Waals surface area contributed by atoms with E-state index in [0.29, 0.717) is 31.6 Å². The van der Waals surface area contributed by atoms with Crippen molar-refractivity contribution in [3.05, 3.63) is 65.2 Å². The number of aryl methyl sites for hydroxylation is 1. The van der Waals surface area contributed by atoms with E-state index in [2.05, 4.69) is 5.32 Å². The van der Waals surface area contributed by atoms with Gasteiger partial charge in [0.15, 0.2) is 0 Å². The van der Waals surface area contributed by atoms with Gasteiger partial charge in [0.05, 0.1) is 11.9 Å². The second-order valence-electron chi connectivity index (χ2n) is 8.53. The lowest BCUT2D eigenvalue weighted by molar-refractivity contribution is -0.139. The molecule has 0 aromatic heterocycles. The predicted molar refractivity (Wildman–Crippen MR) is 137 cm³/mol. The van der Waals surface area contributed by atoms with Crippen LogP contribution in [0.25, 0.3) is 0 Å². The maximum absolute atomic E-state index is 13.6. The fourth-order valence-electron chi connectivity index (χ4n) is 3.86. The Morgan fingerprint density at radius 3 is 2.26 bits per heavy atom. The molecule has 0 bridgehead atoms. The van der Waals surface area contributed by atoms with Gasteiger partial charge in [-0.2, -0.15) is 0 Å². The summed E-state index contributed by atoms with van der Waals surface area (Å²) >= 11 is 0. The van der Waals surface area contributed by atoms with Gasteiger partial charge in [-0.15, -0.1) is 0 Å². The van der Waals surface area contributed by atoms with Gasteiger partial charge in [0, 0.05) is 13.1 Å². The van der Waals surface area contributed by atoms with Gasteiger partial charge in [-0.3, -0.25) is 13.9 Å². The summed E-state index contributed by atoms with van der Waals surface area (Å²) in [5, 5.41) is 2.88. The average Bonchev–Trinajstić information content (AvgIpc) is 2.80. The Bertz CT molecular complexity index is 1070. The highest BCUT2D eigenvalue weighted by molar-refractivity contribution is 7.92. The molecule has 0 spiro atoms. The molecular formula is C26H37N3O4S. The normalized spacial score (nSPS) is 12.1. The summed E-state index contributed by atoms with van der Waals surface area (Å²) in [6.45, 7) is 8.03. The number of nitrogens with zero attached hydrogens (tertiary/aromatic N) is 2. The van der Waals surface area contributed by atoms with E-state index in [1.807, 2.05) is 64.1 Å². The van der Waals surface area contributed by atoms with E-state index in [9.17, 15) is 18.0 Å². The second-order valence-corrected chi connectivity index (χ2v) is 10.4. The summed E-state index contributed by atoms with van der Waals surface area (Å²) in [5.41, 5.74) is 3.25. The number of nitrogens with one attached hydrogen (secondary N) is 1. The Hall–Kier alpha value is -2.87. The third-order valence-electron chi connectivity index (χ3n) is 5.94. The van der Waals surface area contributed by atoms with E-state index < -0.39 is 22.0 Å². The molecule has 1 atom stereocenters. The smallest absolute Gasteiger partial charge is 0.244 e. The van der Waals surface area contributed by atoms with Crippen LogP contribution in [-0.2, 0) is 26.0 Å². The summed E-state index contributed by atoms with van der Waals surface area (Å²) in [6.07, 6.45) is 2.88. The second kappa shape index (κ2) is 12.6. The number of sulfonamides is 1. The van der Waals surface area contributed by atoms with Crippen molar-refractivity contribution in [3.63, 3.8) is 0 Å². The zero-order valence-electron chi connectivity index (χ0n) is 20.9. The first kappa shape index (κ1) is 27.4. The van der Waals surface area contributed by atoms with Gasteiger partial charge in [-0.1, -0.05) is 56.3 Å². The molecule has 7 nitrogen and oxygen atoms in total. The van der Waals surface area contributed by atoms with Crippen LogP contribution in [0.3, 0.4) is 0 Å². The summed E-state index contributed by atoms with van der Waals surface area (Å²) in [5.74, 6) is -0.621. The highest BCUT2D eigenvalue weighted by Crippen LogP contribution is 2.25. The van der Waals surface area contributed by atoms with Gasteiger partial charge in [-0.05, 0) is 55.9 Å². The zero-order chi connectivity index (χ0) is 25.3. The number of amides is 2. The number of hydrogen-bond acceptors (Lipinski definition) is 4. The minimum absolute atomic E-state index is 0.219. The SMILES string of the molecule is CCCNC(=O)[C@@H](CC)N(CCc1ccccc1)C(=O)CN(c1cccc(C)c1C)S(C)(=O)=O. The third-order valence-corrected chi connectivity index (χ3v) is 7.07. The van der Waals surface area contributed by atoms with Gasteiger partial charge in [0.1, 0.15) is 12.6 Å². The topological polar surface area (TPSA) is 86.8 Å². The Labute approximate surface area is 204 Å². The molecule has 1 N–H and O–H groups in total. The molecule has 0 aliphatic carbocycles. The van der Waals surface area contributed by atoms with Crippen molar-refractivity contribution >= 4 is 27.5 Å². The predicted octanol–water partition coefficient (Wildman–Crippen LogP) is 3.45. The van der Waals surface area contributed by atoms with Crippen LogP contribution < -0.4 is 9.62 Å². The fraction of sp³-hybridized carbons (Fsp3) is 0.462. The lowest BCUT2D eigenvalue weighted by Crippen LogP contribution is -2.53. The first-order valence-corrected chi connectivity index (χ1v) is 13.6. The first-order valence-electron chi connectivity index (χ1n) is 11.7. The van der Waals surface area contributed by atoms with Gasteiger partial charge in [0.25, 0.3) is 0 Å². The Morgan fingerprint density at radius 1 is 1.00 bits per heavy atom. The van der Waals surface area contributed by atoms with Crippen molar-refractivity contribution in [3.8, 4) is 0 Å². The summed E-state index contributed by atoms with van der Waals surface area (Å²) < 4.78 is 26.6. The van der Waals surface area contributed by atoms with Crippen molar-refractivity contribution in [1.29, 1.82) is 0 Å². The average molecular weight is 488 g/mol. The Balaban J connectivity index is 2.38. The van der Waals surface area contributed by atoms with Crippen LogP contribution >= 0.6 is 0 Å². The maximum Gasteiger partial charge on any atom is 0.244 e. The van der Waals surface area contributed by atoms with E-state index in [0.717, 1.165) is 33.7 Å². The summed E-state index contributed by atoms with van der Waals surface area (Å²) in [6, 6.07) is 14.4. The highest BCUT2D eigenvalue weighted by atomic mass is 32.2. The highest BCUT2D eigenvalue weighted by Gasteiger charge is 2.31. The molecule has 0 fully saturated rings. The molecule has 2 aromatic rings. The molecular weight excluding hydrogens is 450 g/mol. The molecule has 8 heteroatoms. The lowest BCUT2D eigenvalue weighted by atomic mass is 10.1. The van der Waals surface area contributed by atoms with E-state index in [-0.39, 0.29) is 12.5 Å². The van der Waals surface area contributed by atoms with Crippen molar-refractivity contribution in [2.24, 2.45) is 0 Å². The molecule has 0 heterocycles. The van der Waals surface area contributed by atoms with Crippen LogP contribution in [0, 0.1) is 13.8 Å². The molecule has 0 saturated heterocycles. The Kier molecular flexibility index (Phi) is 10.1. The molecule has 34 heavy (non-hydrogen) atoms. The van der Waals surface area contributed by atoms with Gasteiger partial charge in [-0.25, -0.2) is 8.42 Å². The summed E-state index contributed by atoms with van der Waals surface area (Å²) in [4.78, 5) is 28.0. The molecule has 0 unspecified atom stereocenters. The number of hydrogen-bond donors (Lipinski definition) is 1. The molecule has 0 aliphatic rings. The largest absolute Gasteiger partial charge is 0.354 e. The maximum atomic E-state index is 13.6. The number of carbonyl (C=O) groups excluding carboxylic acids is 2. The molecule has 2 rings (SSSR count). The fourth-order valence-corrected chi connectivity index (χ4v) is 4.76. The van der Waals surface area contributed by atoms with Crippen LogP contribution in [0.5, 0.6) is 0 Å². The van der Waals surface area contributed by atoms with E-state index >= 15 is 0 Å². The van der Waals surface area contributed by atoms with Crippen molar-refractivity contribution < 1.29 is 18.0 Å². The number of carbonyl (C=O) groups is 2. The third kappa shape index (κ3) is 7.32. The van der Waals surface area contributed by atoms with E-state index in [1.54, 1.807) is 12.1 Å². The van der Waals surface area contributed by atoms with Gasteiger partial charge in [0.2, 0.25) is 21.8 Å². The monoisotopic (exact) mass is 487 g/mol. The van der Waals surface area contributed by atoms with Crippen LogP contribution in [0.1, 0.15) is 43.4 Å². The number of rotatable bonds is 12. The molecule has 0 aliphatic heterocycles. The standard InChI is InChI=1S/C26H37N3O4S/c1-6-17-27-26(31)23(7-2)28(18-16-22-13-9-8-10-14-22)25(30)19-29(34(5,32)33)24-15-11-12-20(3)21(24)4/h8-15,23H,6-7,16-19H2,1-5H3,(H,27,31)/t23-/m1/s1. The van der Waals surface area contributed by atoms with E-state index in [1.165, 1.54) is 4.90 Å². The number of benzene rings is 2. The minimum atomic E-state index is -3.73. The first-order chi connectivity index (χ1) is 16.1. The van der Waals surface area contributed by atoms with Crippen LogP contribution in [0.2, 0.25) is 0 Å². The minimum Gasteiger partial charge on any atom is -0.354 e. The van der Waals surface area contributed by atoms with Crippen LogP contribution in [0.15, 0.2) is 48.5 Å². The van der Waals surface area contributed by atoms with Crippen LogP contribution in [-0.4, -0.2) is 57.1 Å². The van der Waals surface area contributed by atoms with E-state index in [4.69, 9.17) is 0 Å². The zero-order valence-corrected chi connectivity index (χ0v) is 21.7. The van der Waals surface area contributed by atoms with Crippen molar-refractivity contribution in [2.75, 3.05) is 30.2 Å². The Morgan fingerprint density at radius 2 is 1.68 bits per heavy atom. The molecule has 186 valence electrons. The van der Waals surface area contributed by atoms with Crippen molar-refractivity contribution in [1.82, 2.24) is 10.2 Å². The van der Waals surface area contributed by atoms with Crippen molar-refractivity contribution in [2.45, 2.75) is 53.0 Å². The number of anilines is 1. The van der Waals surface area contributed by atoms with Gasteiger partial charge < -0.3 is 10.2 Å². The lowest BCUT2D eigenvalue weighted by Gasteiger charge is -2.33. The van der Waals surface area contributed by atoms with Crippen LogP contribution in [0.4, 0.5) is 5.69 Å². The van der Waals surface area contributed by atoms with Gasteiger partial charge >= 0.3 is 0 Å². The molecule has 2 amide bonds. The molecule has 0 saturated carbocycles.